The van der Waals surface area contributed by atoms with Crippen molar-refractivity contribution in [1.29, 1.82) is 0 Å². The number of sulfonamides is 1. The van der Waals surface area contributed by atoms with Gasteiger partial charge in [0, 0.05) is 11.3 Å². The van der Waals surface area contributed by atoms with Gasteiger partial charge >= 0.3 is 0 Å². The monoisotopic (exact) mass is 430 g/mol. The lowest BCUT2D eigenvalue weighted by molar-refractivity contribution is 0.102. The second-order valence-corrected chi connectivity index (χ2v) is 8.06. The number of hydrogen-bond acceptors (Lipinski definition) is 4. The molecule has 0 aromatic heterocycles. The summed E-state index contributed by atoms with van der Waals surface area (Å²) >= 11 is 6.11. The molecular weight excluding hydrogens is 412 g/mol. The van der Waals surface area contributed by atoms with E-state index in [-0.39, 0.29) is 15.5 Å². The Bertz CT molecular complexity index is 1120. The smallest absolute Gasteiger partial charge is 0.263 e. The number of halogens is 1. The van der Waals surface area contributed by atoms with E-state index in [9.17, 15) is 13.2 Å². The lowest BCUT2D eigenvalue weighted by Crippen LogP contribution is -2.16. The molecule has 0 spiro atoms. The van der Waals surface area contributed by atoms with Gasteiger partial charge in [-0.2, -0.15) is 0 Å². The van der Waals surface area contributed by atoms with Crippen LogP contribution < -0.4 is 14.8 Å². The summed E-state index contributed by atoms with van der Waals surface area (Å²) in [6, 6.07) is 19.5. The van der Waals surface area contributed by atoms with Gasteiger partial charge in [0.05, 0.1) is 17.3 Å². The minimum absolute atomic E-state index is 0.0136. The van der Waals surface area contributed by atoms with Crippen molar-refractivity contribution in [2.24, 2.45) is 0 Å². The Kier molecular flexibility index (Phi) is 6.41. The van der Waals surface area contributed by atoms with Crippen molar-refractivity contribution in [2.75, 3.05) is 16.6 Å². The van der Waals surface area contributed by atoms with Crippen LogP contribution in [0.2, 0.25) is 5.02 Å². The van der Waals surface area contributed by atoms with E-state index in [0.29, 0.717) is 23.7 Å². The molecule has 8 heteroatoms. The highest BCUT2D eigenvalue weighted by atomic mass is 35.5. The normalized spacial score (nSPS) is 11.0. The molecule has 2 N–H and O–H groups in total. The molecule has 6 nitrogen and oxygen atoms in total. The summed E-state index contributed by atoms with van der Waals surface area (Å²) in [7, 11) is -3.98. The van der Waals surface area contributed by atoms with Crippen molar-refractivity contribution in [3.63, 3.8) is 0 Å². The van der Waals surface area contributed by atoms with E-state index in [1.165, 1.54) is 18.2 Å². The first kappa shape index (κ1) is 20.7. The highest BCUT2D eigenvalue weighted by molar-refractivity contribution is 7.92. The summed E-state index contributed by atoms with van der Waals surface area (Å²) in [5.74, 6) is 0.0425. The van der Waals surface area contributed by atoms with E-state index in [2.05, 4.69) is 10.0 Å². The Morgan fingerprint density at radius 3 is 2.41 bits per heavy atom. The van der Waals surface area contributed by atoms with Crippen molar-refractivity contribution in [2.45, 2.75) is 11.8 Å². The number of para-hydroxylation sites is 3. The van der Waals surface area contributed by atoms with Crippen molar-refractivity contribution in [3.05, 3.63) is 83.4 Å². The number of anilines is 2. The average molecular weight is 431 g/mol. The zero-order valence-electron chi connectivity index (χ0n) is 15.6. The molecule has 0 aliphatic carbocycles. The fraction of sp³-hybridized carbons (Fsp3) is 0.0952. The molecule has 3 rings (SSSR count). The Morgan fingerprint density at radius 2 is 1.69 bits per heavy atom. The topological polar surface area (TPSA) is 84.5 Å². The number of carbonyl (C=O) groups is 1. The minimum Gasteiger partial charge on any atom is -0.492 e. The van der Waals surface area contributed by atoms with E-state index < -0.39 is 15.9 Å². The number of ether oxygens (including phenoxy) is 1. The molecule has 0 bridgehead atoms. The zero-order chi connectivity index (χ0) is 20.9. The van der Waals surface area contributed by atoms with Crippen LogP contribution in [0.3, 0.4) is 0 Å². The van der Waals surface area contributed by atoms with Gasteiger partial charge in [0.15, 0.2) is 0 Å². The van der Waals surface area contributed by atoms with Crippen molar-refractivity contribution >= 4 is 38.9 Å². The van der Waals surface area contributed by atoms with Gasteiger partial charge in [-0.25, -0.2) is 8.42 Å². The molecule has 0 unspecified atom stereocenters. The zero-order valence-corrected chi connectivity index (χ0v) is 17.1. The third kappa shape index (κ3) is 5.07. The maximum Gasteiger partial charge on any atom is 0.263 e. The van der Waals surface area contributed by atoms with Crippen LogP contribution in [0.4, 0.5) is 11.4 Å². The molecule has 29 heavy (non-hydrogen) atoms. The van der Waals surface area contributed by atoms with Gasteiger partial charge in [-0.3, -0.25) is 9.52 Å². The summed E-state index contributed by atoms with van der Waals surface area (Å²) in [5, 5.41) is 2.75. The molecule has 0 atom stereocenters. The van der Waals surface area contributed by atoms with Gasteiger partial charge < -0.3 is 10.1 Å². The number of hydrogen-bond donors (Lipinski definition) is 2. The number of carbonyl (C=O) groups excluding carboxylic acids is 1. The number of nitrogens with one attached hydrogen (secondary N) is 2. The predicted octanol–water partition coefficient (Wildman–Crippen LogP) is 4.79. The lowest BCUT2D eigenvalue weighted by Gasteiger charge is -2.13. The van der Waals surface area contributed by atoms with Gasteiger partial charge in [-0.1, -0.05) is 41.9 Å². The summed E-state index contributed by atoms with van der Waals surface area (Å²) < 4.78 is 33.4. The first-order valence-electron chi connectivity index (χ1n) is 8.81. The summed E-state index contributed by atoms with van der Waals surface area (Å²) in [6.45, 7) is 2.29. The Balaban J connectivity index is 1.88. The first-order chi connectivity index (χ1) is 13.9. The first-order valence-corrected chi connectivity index (χ1v) is 10.7. The van der Waals surface area contributed by atoms with E-state index in [1.807, 2.05) is 6.92 Å². The number of benzene rings is 3. The van der Waals surface area contributed by atoms with Crippen molar-refractivity contribution < 1.29 is 17.9 Å². The van der Waals surface area contributed by atoms with Gasteiger partial charge in [0.1, 0.15) is 10.6 Å². The molecule has 0 fully saturated rings. The van der Waals surface area contributed by atoms with Gasteiger partial charge in [-0.15, -0.1) is 0 Å². The van der Waals surface area contributed by atoms with E-state index in [4.69, 9.17) is 16.3 Å². The molecule has 3 aromatic carbocycles. The number of amides is 1. The molecule has 150 valence electrons. The number of rotatable bonds is 7. The summed E-state index contributed by atoms with van der Waals surface area (Å²) in [6.07, 6.45) is 0. The lowest BCUT2D eigenvalue weighted by atomic mass is 10.2. The SMILES string of the molecule is CCOc1ccccc1NC(=O)c1ccc(Cl)c(S(=O)(=O)Nc2ccccc2)c1. The van der Waals surface area contributed by atoms with Gasteiger partial charge in [0.25, 0.3) is 15.9 Å². The molecule has 1 amide bonds. The Labute approximate surface area is 174 Å². The predicted molar refractivity (Wildman–Crippen MR) is 114 cm³/mol. The molecule has 3 aromatic rings. The molecule has 0 aliphatic heterocycles. The van der Waals surface area contributed by atoms with Crippen LogP contribution in [0.25, 0.3) is 0 Å². The van der Waals surface area contributed by atoms with E-state index >= 15 is 0 Å². The average Bonchev–Trinajstić information content (AvgIpc) is 2.70. The van der Waals surface area contributed by atoms with Crippen LogP contribution in [0.5, 0.6) is 5.75 Å². The molecule has 0 radical (unpaired) electrons. The molecule has 0 saturated heterocycles. The fourth-order valence-electron chi connectivity index (χ4n) is 2.61. The van der Waals surface area contributed by atoms with Crippen LogP contribution in [0, 0.1) is 0 Å². The second-order valence-electron chi connectivity index (χ2n) is 6.00. The quantitative estimate of drug-likeness (QED) is 0.564. The molecule has 0 aliphatic rings. The van der Waals surface area contributed by atoms with Crippen molar-refractivity contribution in [1.82, 2.24) is 0 Å². The van der Waals surface area contributed by atoms with E-state index in [1.54, 1.807) is 54.6 Å². The highest BCUT2D eigenvalue weighted by Crippen LogP contribution is 2.27. The molecule has 0 saturated carbocycles. The fourth-order valence-corrected chi connectivity index (χ4v) is 4.20. The van der Waals surface area contributed by atoms with Gasteiger partial charge in [-0.05, 0) is 49.4 Å². The summed E-state index contributed by atoms with van der Waals surface area (Å²) in [4.78, 5) is 12.5. The van der Waals surface area contributed by atoms with Crippen LogP contribution in [-0.2, 0) is 10.0 Å². The maximum absolute atomic E-state index is 12.7. The second kappa shape index (κ2) is 8.98. The van der Waals surface area contributed by atoms with Crippen LogP contribution in [0.15, 0.2) is 77.7 Å². The van der Waals surface area contributed by atoms with Crippen LogP contribution in [0.1, 0.15) is 17.3 Å². The van der Waals surface area contributed by atoms with E-state index in [0.717, 1.165) is 0 Å². The third-order valence-corrected chi connectivity index (χ3v) is 5.81. The largest absolute Gasteiger partial charge is 0.492 e. The van der Waals surface area contributed by atoms with Crippen molar-refractivity contribution in [3.8, 4) is 5.75 Å². The Morgan fingerprint density at radius 1 is 1.00 bits per heavy atom. The Hall–Kier alpha value is -3.03. The standard InChI is InChI=1S/C21H19ClN2O4S/c1-2-28-19-11-7-6-10-18(19)23-21(25)15-12-13-17(22)20(14-15)29(26,27)24-16-8-4-3-5-9-16/h3-14,24H,2H2,1H3,(H,23,25). The summed E-state index contributed by atoms with van der Waals surface area (Å²) in [5.41, 5.74) is 1.03. The minimum atomic E-state index is -3.98. The highest BCUT2D eigenvalue weighted by Gasteiger charge is 2.21. The molecular formula is C21H19ClN2O4S. The maximum atomic E-state index is 12.7. The van der Waals surface area contributed by atoms with Crippen LogP contribution in [-0.4, -0.2) is 20.9 Å². The van der Waals surface area contributed by atoms with Crippen LogP contribution >= 0.6 is 11.6 Å². The molecule has 0 heterocycles. The van der Waals surface area contributed by atoms with Gasteiger partial charge in [0.2, 0.25) is 0 Å². The third-order valence-electron chi connectivity index (χ3n) is 3.94.